The molecule has 1 N–H and O–H groups in total. The van der Waals surface area contributed by atoms with Crippen LogP contribution in [-0.2, 0) is 10.1 Å². The molecule has 0 saturated carbocycles. The largest absolute Gasteiger partial charge is 0.290 e. The molecule has 0 rings (SSSR count). The molecule has 0 fully saturated rings. The molecule has 0 heterocycles. The fourth-order valence-corrected chi connectivity index (χ4v) is 1.40. The third-order valence-corrected chi connectivity index (χ3v) is 2.23. The summed E-state index contributed by atoms with van der Waals surface area (Å²) >= 11 is 0. The molecule has 0 radical (unpaired) electrons. The highest BCUT2D eigenvalue weighted by molar-refractivity contribution is 7.89. The van der Waals surface area contributed by atoms with Gasteiger partial charge in [0.15, 0.2) is 0 Å². The normalized spacial score (nSPS) is 13.7. The first kappa shape index (κ1) is 9.65. The lowest BCUT2D eigenvalue weighted by Gasteiger charge is -1.97. The van der Waals surface area contributed by atoms with Crippen molar-refractivity contribution < 1.29 is 13.0 Å². The zero-order valence-corrected chi connectivity index (χ0v) is 6.98. The van der Waals surface area contributed by atoms with Gasteiger partial charge in [-0.3, -0.25) is 4.55 Å². The minimum atomic E-state index is -3.92. The second-order valence-electron chi connectivity index (χ2n) is 1.91. The summed E-state index contributed by atoms with van der Waals surface area (Å²) in [6, 6.07) is 0. The zero-order valence-electron chi connectivity index (χ0n) is 6.16. The second-order valence-corrected chi connectivity index (χ2v) is 3.38. The lowest BCUT2D eigenvalue weighted by molar-refractivity contribution is 0.489. The number of hydrogen-bond donors (Lipinski definition) is 1. The third-order valence-electron chi connectivity index (χ3n) is 1.11. The van der Waals surface area contributed by atoms with Gasteiger partial charge in [-0.05, 0) is 12.8 Å². The van der Waals surface area contributed by atoms with Gasteiger partial charge in [0.2, 0.25) is 0 Å². The van der Waals surface area contributed by atoms with E-state index in [4.69, 9.17) is 4.55 Å². The average Bonchev–Trinajstić information content (AvgIpc) is 1.80. The Bertz CT molecular complexity index is 213. The van der Waals surface area contributed by atoms with Crippen molar-refractivity contribution in [1.29, 1.82) is 0 Å². The topological polar surface area (TPSA) is 54.4 Å². The van der Waals surface area contributed by atoms with Crippen LogP contribution in [0.1, 0.15) is 26.7 Å². The summed E-state index contributed by atoms with van der Waals surface area (Å²) in [5, 5.41) is 0. The van der Waals surface area contributed by atoms with Crippen molar-refractivity contribution in [3.8, 4) is 0 Å². The lowest BCUT2D eigenvalue weighted by Crippen LogP contribution is -2.00. The maximum absolute atomic E-state index is 10.4. The predicted molar refractivity (Wildman–Crippen MR) is 40.2 cm³/mol. The molecule has 4 heteroatoms. The maximum Gasteiger partial charge on any atom is 0.290 e. The molecule has 0 aliphatic carbocycles. The Hall–Kier alpha value is -0.350. The molecule has 0 aromatic rings. The third kappa shape index (κ3) is 2.98. The van der Waals surface area contributed by atoms with Gasteiger partial charge in [-0.1, -0.05) is 19.9 Å². The molecule has 0 atom stereocenters. The number of rotatable bonds is 3. The molecule has 0 unspecified atom stereocenters. The van der Waals surface area contributed by atoms with Gasteiger partial charge in [-0.15, -0.1) is 0 Å². The van der Waals surface area contributed by atoms with Gasteiger partial charge >= 0.3 is 0 Å². The Morgan fingerprint density at radius 2 is 2.00 bits per heavy atom. The zero-order chi connectivity index (χ0) is 8.20. The van der Waals surface area contributed by atoms with Crippen LogP contribution < -0.4 is 0 Å². The molecule has 10 heavy (non-hydrogen) atoms. The molecule has 3 nitrogen and oxygen atoms in total. The van der Waals surface area contributed by atoms with Crippen molar-refractivity contribution in [1.82, 2.24) is 0 Å². The Labute approximate surface area is 61.5 Å². The second kappa shape index (κ2) is 3.73. The molecular formula is C6H12O3S. The molecule has 0 aliphatic rings. The minimum absolute atomic E-state index is 0.106. The van der Waals surface area contributed by atoms with Gasteiger partial charge in [-0.25, -0.2) is 0 Å². The van der Waals surface area contributed by atoms with E-state index in [2.05, 4.69) is 0 Å². The summed E-state index contributed by atoms with van der Waals surface area (Å²) in [4.78, 5) is 0.106. The Morgan fingerprint density at radius 3 is 2.10 bits per heavy atom. The predicted octanol–water partition coefficient (Wildman–Crippen LogP) is 1.58. The van der Waals surface area contributed by atoms with Gasteiger partial charge in [0.1, 0.15) is 0 Å². The standard InChI is InChI=1S/C6H12O3S/c1-3-5-6(4-2)10(7,8)9/h5H,3-4H2,1-2H3,(H,7,8,9)/b6-5+. The van der Waals surface area contributed by atoms with E-state index in [9.17, 15) is 8.42 Å². The molecule has 60 valence electrons. The first-order chi connectivity index (χ1) is 4.52. The van der Waals surface area contributed by atoms with E-state index in [1.807, 2.05) is 6.92 Å². The van der Waals surface area contributed by atoms with Crippen LogP contribution >= 0.6 is 0 Å². The number of allylic oxidation sites excluding steroid dienone is 2. The smallest absolute Gasteiger partial charge is 0.282 e. The molecule has 0 aromatic heterocycles. The van der Waals surface area contributed by atoms with E-state index >= 15 is 0 Å². The molecule has 0 bridgehead atoms. The highest BCUT2D eigenvalue weighted by Gasteiger charge is 2.09. The Morgan fingerprint density at radius 1 is 1.50 bits per heavy atom. The van der Waals surface area contributed by atoms with Crippen LogP contribution in [0.25, 0.3) is 0 Å². The fraction of sp³-hybridized carbons (Fsp3) is 0.667. The first-order valence-electron chi connectivity index (χ1n) is 3.18. The van der Waals surface area contributed by atoms with Crippen molar-refractivity contribution in [2.75, 3.05) is 0 Å². The molecule has 0 spiro atoms. The lowest BCUT2D eigenvalue weighted by atomic mass is 10.3. The molecule has 0 saturated heterocycles. The van der Waals surface area contributed by atoms with Crippen LogP contribution in [0, 0.1) is 0 Å². The van der Waals surface area contributed by atoms with E-state index < -0.39 is 10.1 Å². The van der Waals surface area contributed by atoms with E-state index in [0.29, 0.717) is 12.8 Å². The quantitative estimate of drug-likeness (QED) is 0.644. The van der Waals surface area contributed by atoms with Crippen molar-refractivity contribution in [2.24, 2.45) is 0 Å². The van der Waals surface area contributed by atoms with Crippen molar-refractivity contribution in [3.63, 3.8) is 0 Å². The van der Waals surface area contributed by atoms with Crippen LogP contribution in [0.3, 0.4) is 0 Å². The Kier molecular flexibility index (Phi) is 3.60. The summed E-state index contributed by atoms with van der Waals surface area (Å²) in [5.41, 5.74) is 0. The van der Waals surface area contributed by atoms with Gasteiger partial charge in [0.05, 0.1) is 4.91 Å². The van der Waals surface area contributed by atoms with Crippen LogP contribution in [0.15, 0.2) is 11.0 Å². The van der Waals surface area contributed by atoms with Gasteiger partial charge in [0, 0.05) is 0 Å². The fourth-order valence-electron chi connectivity index (χ4n) is 0.660. The highest BCUT2D eigenvalue weighted by Crippen LogP contribution is 2.08. The average molecular weight is 164 g/mol. The minimum Gasteiger partial charge on any atom is -0.282 e. The summed E-state index contributed by atoms with van der Waals surface area (Å²) in [6.45, 7) is 3.51. The van der Waals surface area contributed by atoms with Crippen LogP contribution in [-0.4, -0.2) is 13.0 Å². The van der Waals surface area contributed by atoms with Gasteiger partial charge in [-0.2, -0.15) is 8.42 Å². The summed E-state index contributed by atoms with van der Waals surface area (Å²) in [5.74, 6) is 0. The first-order valence-corrected chi connectivity index (χ1v) is 4.62. The maximum atomic E-state index is 10.4. The highest BCUT2D eigenvalue weighted by atomic mass is 32.2. The van der Waals surface area contributed by atoms with E-state index in [1.165, 1.54) is 6.08 Å². The van der Waals surface area contributed by atoms with Crippen LogP contribution in [0.5, 0.6) is 0 Å². The van der Waals surface area contributed by atoms with Gasteiger partial charge < -0.3 is 0 Å². The number of hydrogen-bond acceptors (Lipinski definition) is 2. The van der Waals surface area contributed by atoms with Crippen molar-refractivity contribution >= 4 is 10.1 Å². The van der Waals surface area contributed by atoms with Crippen molar-refractivity contribution in [3.05, 3.63) is 11.0 Å². The summed E-state index contributed by atoms with van der Waals surface area (Å²) in [6.07, 6.45) is 2.49. The van der Waals surface area contributed by atoms with Crippen molar-refractivity contribution in [2.45, 2.75) is 26.7 Å². The SMILES string of the molecule is CC/C=C(\CC)S(=O)(=O)O. The van der Waals surface area contributed by atoms with E-state index in [-0.39, 0.29) is 4.91 Å². The Balaban J connectivity index is 4.54. The molecule has 0 amide bonds. The van der Waals surface area contributed by atoms with Crippen LogP contribution in [0.2, 0.25) is 0 Å². The molecular weight excluding hydrogens is 152 g/mol. The molecule has 0 aromatic carbocycles. The van der Waals surface area contributed by atoms with E-state index in [1.54, 1.807) is 6.92 Å². The van der Waals surface area contributed by atoms with Crippen LogP contribution in [0.4, 0.5) is 0 Å². The van der Waals surface area contributed by atoms with E-state index in [0.717, 1.165) is 0 Å². The van der Waals surface area contributed by atoms with Gasteiger partial charge in [0.25, 0.3) is 10.1 Å². The summed E-state index contributed by atoms with van der Waals surface area (Å²) in [7, 11) is -3.92. The monoisotopic (exact) mass is 164 g/mol. The molecule has 0 aliphatic heterocycles. The summed E-state index contributed by atoms with van der Waals surface area (Å²) < 4.78 is 29.4.